The minimum absolute atomic E-state index is 0.385. The maximum absolute atomic E-state index is 8.91. The van der Waals surface area contributed by atoms with Gasteiger partial charge in [-0.1, -0.05) is 5.16 Å². The van der Waals surface area contributed by atoms with Gasteiger partial charge in [0.15, 0.2) is 5.82 Å². The fourth-order valence-corrected chi connectivity index (χ4v) is 1.60. The van der Waals surface area contributed by atoms with Crippen molar-refractivity contribution in [3.05, 3.63) is 35.5 Å². The average Bonchev–Trinajstić information content (AvgIpc) is 2.83. The van der Waals surface area contributed by atoms with E-state index in [-0.39, 0.29) is 0 Å². The van der Waals surface area contributed by atoms with Crippen molar-refractivity contribution in [1.82, 2.24) is 10.1 Å². The molecule has 1 aromatic heterocycles. The van der Waals surface area contributed by atoms with Gasteiger partial charge in [0.05, 0.1) is 30.5 Å². The number of aryl methyl sites for hydroxylation is 1. The van der Waals surface area contributed by atoms with E-state index in [9.17, 15) is 0 Å². The summed E-state index contributed by atoms with van der Waals surface area (Å²) >= 11 is 0. The minimum Gasteiger partial charge on any atom is -0.492 e. The zero-order chi connectivity index (χ0) is 13.7. The number of nitrogens with one attached hydrogen (secondary N) is 1. The third-order valence-corrected chi connectivity index (χ3v) is 2.41. The van der Waals surface area contributed by atoms with Gasteiger partial charge in [-0.2, -0.15) is 10.2 Å². The molecule has 1 heterocycles. The van der Waals surface area contributed by atoms with Crippen LogP contribution in [0.3, 0.4) is 0 Å². The summed E-state index contributed by atoms with van der Waals surface area (Å²) in [6.45, 7) is 4.61. The number of nitriles is 1. The van der Waals surface area contributed by atoms with Gasteiger partial charge in [0.1, 0.15) is 5.75 Å². The molecule has 0 unspecified atom stereocenters. The van der Waals surface area contributed by atoms with E-state index in [1.807, 2.05) is 6.92 Å². The van der Waals surface area contributed by atoms with Gasteiger partial charge < -0.3 is 14.6 Å². The average molecular weight is 258 g/mol. The summed E-state index contributed by atoms with van der Waals surface area (Å²) in [4.78, 5) is 4.10. The lowest BCUT2D eigenvalue weighted by atomic mass is 10.2. The molecule has 6 heteroatoms. The van der Waals surface area contributed by atoms with Gasteiger partial charge in [0.2, 0.25) is 5.89 Å². The topological polar surface area (TPSA) is 84.0 Å². The highest BCUT2D eigenvalue weighted by Crippen LogP contribution is 2.26. The Morgan fingerprint density at radius 1 is 1.47 bits per heavy atom. The van der Waals surface area contributed by atoms with Gasteiger partial charge in [-0.05, 0) is 32.0 Å². The molecule has 0 spiro atoms. The van der Waals surface area contributed by atoms with Crippen LogP contribution < -0.4 is 10.1 Å². The standard InChI is InChI=1S/C13H14N4O2/c1-3-18-12-5-4-10(7-14)6-11(12)15-8-13-16-9(2)17-19-13/h4-6,15H,3,8H2,1-2H3. The van der Waals surface area contributed by atoms with Crippen LogP contribution in [0, 0.1) is 18.3 Å². The first kappa shape index (κ1) is 12.9. The Labute approximate surface area is 111 Å². The van der Waals surface area contributed by atoms with E-state index >= 15 is 0 Å². The summed E-state index contributed by atoms with van der Waals surface area (Å²) in [5.74, 6) is 1.77. The second-order valence-corrected chi connectivity index (χ2v) is 3.84. The molecule has 1 aromatic carbocycles. The first-order valence-corrected chi connectivity index (χ1v) is 5.93. The largest absolute Gasteiger partial charge is 0.492 e. The van der Waals surface area contributed by atoms with Crippen molar-refractivity contribution in [2.45, 2.75) is 20.4 Å². The molecule has 0 aliphatic rings. The van der Waals surface area contributed by atoms with E-state index < -0.39 is 0 Å². The van der Waals surface area contributed by atoms with E-state index in [1.165, 1.54) is 0 Å². The number of ether oxygens (including phenoxy) is 1. The summed E-state index contributed by atoms with van der Waals surface area (Å²) in [5, 5.41) is 15.8. The summed E-state index contributed by atoms with van der Waals surface area (Å²) in [7, 11) is 0. The molecule has 0 atom stereocenters. The maximum Gasteiger partial charge on any atom is 0.245 e. The molecule has 6 nitrogen and oxygen atoms in total. The van der Waals surface area contributed by atoms with Crippen molar-refractivity contribution in [3.8, 4) is 11.8 Å². The number of hydrogen-bond acceptors (Lipinski definition) is 6. The lowest BCUT2D eigenvalue weighted by molar-refractivity contribution is 0.341. The maximum atomic E-state index is 8.91. The van der Waals surface area contributed by atoms with Gasteiger partial charge in [-0.3, -0.25) is 0 Å². The van der Waals surface area contributed by atoms with Crippen molar-refractivity contribution in [1.29, 1.82) is 5.26 Å². The Morgan fingerprint density at radius 2 is 2.32 bits per heavy atom. The van der Waals surface area contributed by atoms with Gasteiger partial charge in [0.25, 0.3) is 0 Å². The van der Waals surface area contributed by atoms with Crippen molar-refractivity contribution in [2.24, 2.45) is 0 Å². The van der Waals surface area contributed by atoms with Crippen LogP contribution >= 0.6 is 0 Å². The lowest BCUT2D eigenvalue weighted by Crippen LogP contribution is -2.03. The van der Waals surface area contributed by atoms with Crippen LogP contribution in [0.4, 0.5) is 5.69 Å². The van der Waals surface area contributed by atoms with Crippen LogP contribution in [0.25, 0.3) is 0 Å². The number of benzene rings is 1. The fourth-order valence-electron chi connectivity index (χ4n) is 1.60. The molecule has 2 rings (SSSR count). The van der Waals surface area contributed by atoms with Crippen LogP contribution in [-0.4, -0.2) is 16.7 Å². The first-order valence-electron chi connectivity index (χ1n) is 5.93. The van der Waals surface area contributed by atoms with Gasteiger partial charge in [-0.25, -0.2) is 0 Å². The number of aromatic nitrogens is 2. The second-order valence-electron chi connectivity index (χ2n) is 3.84. The highest BCUT2D eigenvalue weighted by Gasteiger charge is 2.07. The third-order valence-electron chi connectivity index (χ3n) is 2.41. The van der Waals surface area contributed by atoms with Crippen molar-refractivity contribution >= 4 is 5.69 Å². The highest BCUT2D eigenvalue weighted by molar-refractivity contribution is 5.60. The van der Waals surface area contributed by atoms with Crippen LogP contribution in [0.15, 0.2) is 22.7 Å². The van der Waals surface area contributed by atoms with Crippen LogP contribution in [-0.2, 0) is 6.54 Å². The quantitative estimate of drug-likeness (QED) is 0.885. The fraction of sp³-hybridized carbons (Fsp3) is 0.308. The van der Waals surface area contributed by atoms with E-state index in [0.29, 0.717) is 36.2 Å². The van der Waals surface area contributed by atoms with E-state index in [4.69, 9.17) is 14.5 Å². The predicted molar refractivity (Wildman–Crippen MR) is 68.7 cm³/mol. The normalized spacial score (nSPS) is 9.95. The lowest BCUT2D eigenvalue weighted by Gasteiger charge is -2.11. The van der Waals surface area contributed by atoms with Gasteiger partial charge in [0, 0.05) is 0 Å². The molecule has 0 saturated carbocycles. The van der Waals surface area contributed by atoms with Crippen molar-refractivity contribution < 1.29 is 9.26 Å². The Kier molecular flexibility index (Phi) is 3.98. The SMILES string of the molecule is CCOc1ccc(C#N)cc1NCc1nc(C)no1. The summed E-state index contributed by atoms with van der Waals surface area (Å²) < 4.78 is 10.5. The van der Waals surface area contributed by atoms with Gasteiger partial charge in [-0.15, -0.1) is 0 Å². The molecular weight excluding hydrogens is 244 g/mol. The smallest absolute Gasteiger partial charge is 0.245 e. The van der Waals surface area contributed by atoms with E-state index in [1.54, 1.807) is 25.1 Å². The Morgan fingerprint density at radius 3 is 2.95 bits per heavy atom. The first-order chi connectivity index (χ1) is 9.22. The molecule has 0 aliphatic carbocycles. The molecule has 0 fully saturated rings. The monoisotopic (exact) mass is 258 g/mol. The highest BCUT2D eigenvalue weighted by atomic mass is 16.5. The second kappa shape index (κ2) is 5.87. The molecule has 19 heavy (non-hydrogen) atoms. The van der Waals surface area contributed by atoms with Crippen molar-refractivity contribution in [2.75, 3.05) is 11.9 Å². The van der Waals surface area contributed by atoms with E-state index in [0.717, 1.165) is 5.69 Å². The summed E-state index contributed by atoms with van der Waals surface area (Å²) in [6, 6.07) is 7.31. The number of anilines is 1. The molecule has 0 aliphatic heterocycles. The number of nitrogens with zero attached hydrogens (tertiary/aromatic N) is 3. The van der Waals surface area contributed by atoms with Crippen LogP contribution in [0.1, 0.15) is 24.2 Å². The Bertz CT molecular complexity index is 601. The molecule has 98 valence electrons. The van der Waals surface area contributed by atoms with E-state index in [2.05, 4.69) is 21.5 Å². The summed E-state index contributed by atoms with van der Waals surface area (Å²) in [6.07, 6.45) is 0. The zero-order valence-corrected chi connectivity index (χ0v) is 10.8. The zero-order valence-electron chi connectivity index (χ0n) is 10.8. The molecule has 2 aromatic rings. The Hall–Kier alpha value is -2.55. The van der Waals surface area contributed by atoms with Crippen LogP contribution in [0.2, 0.25) is 0 Å². The molecule has 0 amide bonds. The molecular formula is C13H14N4O2. The molecule has 0 radical (unpaired) electrons. The van der Waals surface area contributed by atoms with Gasteiger partial charge >= 0.3 is 0 Å². The summed E-state index contributed by atoms with van der Waals surface area (Å²) in [5.41, 5.74) is 1.30. The molecule has 0 bridgehead atoms. The Balaban J connectivity index is 2.15. The molecule has 0 saturated heterocycles. The third kappa shape index (κ3) is 3.22. The van der Waals surface area contributed by atoms with Crippen molar-refractivity contribution in [3.63, 3.8) is 0 Å². The minimum atomic E-state index is 0.385. The predicted octanol–water partition coefficient (Wildman–Crippen LogP) is 2.26. The molecule has 1 N–H and O–H groups in total. The number of rotatable bonds is 5. The van der Waals surface area contributed by atoms with Crippen LogP contribution in [0.5, 0.6) is 5.75 Å². The number of hydrogen-bond donors (Lipinski definition) is 1.